The fraction of sp³-hybridized carbons (Fsp3) is 0.400. The second-order valence-electron chi connectivity index (χ2n) is 1.48. The highest BCUT2D eigenvalue weighted by Crippen LogP contribution is 2.14. The number of aromatic nitrogens is 1. The third-order valence-corrected chi connectivity index (χ3v) is 1.63. The maximum Gasteiger partial charge on any atom is 0.205 e. The molecule has 0 radical (unpaired) electrons. The van der Waals surface area contributed by atoms with Crippen molar-refractivity contribution < 1.29 is 4.52 Å². The molecule has 0 aliphatic heterocycles. The van der Waals surface area contributed by atoms with Crippen LogP contribution in [-0.4, -0.2) is 5.16 Å². The topological polar surface area (TPSA) is 26.0 Å². The average molecular weight is 176 g/mol. The van der Waals surface area contributed by atoms with Gasteiger partial charge in [-0.2, -0.15) is 0 Å². The number of hydrogen-bond acceptors (Lipinski definition) is 2. The van der Waals surface area contributed by atoms with E-state index in [0.29, 0.717) is 0 Å². The Morgan fingerprint density at radius 1 is 1.88 bits per heavy atom. The van der Waals surface area contributed by atoms with Crippen LogP contribution in [0.4, 0.5) is 0 Å². The second-order valence-corrected chi connectivity index (χ2v) is 2.20. The summed E-state index contributed by atoms with van der Waals surface area (Å²) in [5.41, 5.74) is 1.12. The van der Waals surface area contributed by atoms with Gasteiger partial charge in [-0.1, -0.05) is 12.1 Å². The van der Waals surface area contributed by atoms with Gasteiger partial charge in [0.25, 0.3) is 0 Å². The predicted octanol–water partition coefficient (Wildman–Crippen LogP) is 2.00. The molecule has 0 fully saturated rings. The Morgan fingerprint density at radius 2 is 2.62 bits per heavy atom. The molecule has 1 aromatic heterocycles. The lowest BCUT2D eigenvalue weighted by Crippen LogP contribution is -1.71. The summed E-state index contributed by atoms with van der Waals surface area (Å²) in [5, 5.41) is 3.57. The van der Waals surface area contributed by atoms with E-state index in [2.05, 4.69) is 28.0 Å². The highest BCUT2D eigenvalue weighted by molar-refractivity contribution is 9.10. The summed E-state index contributed by atoms with van der Waals surface area (Å²) in [5.74, 6) is 0. The quantitative estimate of drug-likeness (QED) is 0.653. The number of hydrogen-bond donors (Lipinski definition) is 0. The maximum atomic E-state index is 4.72. The molecule has 0 aromatic carbocycles. The minimum Gasteiger partial charge on any atom is -0.349 e. The Balaban J connectivity index is 2.92. The van der Waals surface area contributed by atoms with Crippen LogP contribution in [0.2, 0.25) is 0 Å². The SMILES string of the molecule is CCc1cnoc1Br. The Labute approximate surface area is 56.0 Å². The number of aryl methyl sites for hydroxylation is 1. The Hall–Kier alpha value is -0.310. The first-order valence-corrected chi connectivity index (χ1v) is 3.23. The van der Waals surface area contributed by atoms with Crippen molar-refractivity contribution in [3.8, 4) is 0 Å². The summed E-state index contributed by atoms with van der Waals surface area (Å²) in [6, 6.07) is 0. The van der Waals surface area contributed by atoms with Gasteiger partial charge in [-0.05, 0) is 22.4 Å². The van der Waals surface area contributed by atoms with Gasteiger partial charge in [0.1, 0.15) is 0 Å². The van der Waals surface area contributed by atoms with E-state index in [1.54, 1.807) is 6.20 Å². The molecule has 1 rings (SSSR count). The van der Waals surface area contributed by atoms with E-state index in [0.717, 1.165) is 16.7 Å². The van der Waals surface area contributed by atoms with Crippen molar-refractivity contribution in [2.75, 3.05) is 0 Å². The molecule has 0 aliphatic rings. The van der Waals surface area contributed by atoms with Gasteiger partial charge in [0.15, 0.2) is 0 Å². The molecule has 0 saturated carbocycles. The van der Waals surface area contributed by atoms with E-state index in [1.807, 2.05) is 0 Å². The molecule has 0 amide bonds. The number of nitrogens with zero attached hydrogens (tertiary/aromatic N) is 1. The molecule has 0 N–H and O–H groups in total. The first kappa shape index (κ1) is 5.82. The van der Waals surface area contributed by atoms with Gasteiger partial charge in [-0.15, -0.1) is 0 Å². The van der Waals surface area contributed by atoms with Gasteiger partial charge in [0.05, 0.1) is 6.20 Å². The summed E-state index contributed by atoms with van der Waals surface area (Å²) in [4.78, 5) is 0. The molecule has 1 heterocycles. The zero-order valence-corrected chi connectivity index (χ0v) is 6.10. The first-order chi connectivity index (χ1) is 3.84. The zero-order chi connectivity index (χ0) is 5.98. The van der Waals surface area contributed by atoms with E-state index in [-0.39, 0.29) is 0 Å². The van der Waals surface area contributed by atoms with Crippen LogP contribution in [-0.2, 0) is 6.42 Å². The monoisotopic (exact) mass is 175 g/mol. The van der Waals surface area contributed by atoms with Crippen LogP contribution in [0, 0.1) is 0 Å². The van der Waals surface area contributed by atoms with Gasteiger partial charge in [0, 0.05) is 5.56 Å². The van der Waals surface area contributed by atoms with Crippen LogP contribution in [0.1, 0.15) is 12.5 Å². The first-order valence-electron chi connectivity index (χ1n) is 2.43. The van der Waals surface area contributed by atoms with Crippen molar-refractivity contribution >= 4 is 15.9 Å². The minimum absolute atomic E-state index is 0.750. The third kappa shape index (κ3) is 0.916. The molecule has 3 heteroatoms. The van der Waals surface area contributed by atoms with E-state index in [9.17, 15) is 0 Å². The lowest BCUT2D eigenvalue weighted by atomic mass is 10.3. The molecule has 2 nitrogen and oxygen atoms in total. The van der Waals surface area contributed by atoms with Gasteiger partial charge < -0.3 is 4.52 Å². The van der Waals surface area contributed by atoms with Crippen molar-refractivity contribution in [1.29, 1.82) is 0 Å². The highest BCUT2D eigenvalue weighted by Gasteiger charge is 1.98. The van der Waals surface area contributed by atoms with Crippen LogP contribution in [0.3, 0.4) is 0 Å². The molecule has 0 saturated heterocycles. The average Bonchev–Trinajstić information content (AvgIpc) is 2.14. The molecule has 1 aromatic rings. The van der Waals surface area contributed by atoms with Crippen molar-refractivity contribution in [2.45, 2.75) is 13.3 Å². The van der Waals surface area contributed by atoms with E-state index < -0.39 is 0 Å². The van der Waals surface area contributed by atoms with Crippen LogP contribution in [0.15, 0.2) is 15.4 Å². The summed E-state index contributed by atoms with van der Waals surface area (Å²) < 4.78 is 5.47. The van der Waals surface area contributed by atoms with Gasteiger partial charge in [0.2, 0.25) is 4.67 Å². The molecule has 0 aliphatic carbocycles. The van der Waals surface area contributed by atoms with E-state index >= 15 is 0 Å². The van der Waals surface area contributed by atoms with Gasteiger partial charge >= 0.3 is 0 Å². The number of halogens is 1. The zero-order valence-electron chi connectivity index (χ0n) is 4.52. The van der Waals surface area contributed by atoms with Crippen LogP contribution in [0.5, 0.6) is 0 Å². The summed E-state index contributed by atoms with van der Waals surface area (Å²) in [7, 11) is 0. The maximum absolute atomic E-state index is 4.72. The number of rotatable bonds is 1. The van der Waals surface area contributed by atoms with Crippen LogP contribution in [0.25, 0.3) is 0 Å². The standard InChI is InChI=1S/C5H6BrNO/c1-2-4-3-7-8-5(4)6/h3H,2H2,1H3. The molecule has 0 bridgehead atoms. The largest absolute Gasteiger partial charge is 0.349 e. The molecule has 8 heavy (non-hydrogen) atoms. The lowest BCUT2D eigenvalue weighted by molar-refractivity contribution is 0.399. The molecule has 0 unspecified atom stereocenters. The molecule has 0 atom stereocenters. The predicted molar refractivity (Wildman–Crippen MR) is 33.6 cm³/mol. The van der Waals surface area contributed by atoms with Crippen LogP contribution < -0.4 is 0 Å². The van der Waals surface area contributed by atoms with Crippen molar-refractivity contribution in [2.24, 2.45) is 0 Å². The van der Waals surface area contributed by atoms with Gasteiger partial charge in [-0.25, -0.2) is 0 Å². The van der Waals surface area contributed by atoms with E-state index in [4.69, 9.17) is 4.52 Å². The van der Waals surface area contributed by atoms with Crippen molar-refractivity contribution in [3.63, 3.8) is 0 Å². The lowest BCUT2D eigenvalue weighted by Gasteiger charge is -1.81. The smallest absolute Gasteiger partial charge is 0.205 e. The third-order valence-electron chi connectivity index (χ3n) is 0.975. The minimum atomic E-state index is 0.750. The Morgan fingerprint density at radius 3 is 2.88 bits per heavy atom. The summed E-state index contributed by atoms with van der Waals surface area (Å²) >= 11 is 3.20. The molecule has 44 valence electrons. The fourth-order valence-electron chi connectivity index (χ4n) is 0.476. The van der Waals surface area contributed by atoms with E-state index in [1.165, 1.54) is 0 Å². The van der Waals surface area contributed by atoms with Crippen molar-refractivity contribution in [1.82, 2.24) is 5.16 Å². The fourth-order valence-corrected chi connectivity index (χ4v) is 0.942. The van der Waals surface area contributed by atoms with Gasteiger partial charge in [-0.3, -0.25) is 0 Å². The molecular weight excluding hydrogens is 170 g/mol. The summed E-state index contributed by atoms with van der Waals surface area (Å²) in [6.45, 7) is 2.05. The normalized spacial score (nSPS) is 9.75. The Kier molecular flexibility index (Phi) is 1.68. The van der Waals surface area contributed by atoms with Crippen LogP contribution >= 0.6 is 15.9 Å². The van der Waals surface area contributed by atoms with Crippen molar-refractivity contribution in [3.05, 3.63) is 16.4 Å². The second kappa shape index (κ2) is 2.31. The molecular formula is C5H6BrNO. The molecule has 0 spiro atoms. The summed E-state index contributed by atoms with van der Waals surface area (Å²) in [6.07, 6.45) is 2.67. The highest BCUT2D eigenvalue weighted by atomic mass is 79.9. The Bertz CT molecular complexity index is 173.